The fourth-order valence-corrected chi connectivity index (χ4v) is 2.19. The number of carbonyl (C=O) groups excluding carboxylic acids is 1. The lowest BCUT2D eigenvalue weighted by Gasteiger charge is -2.20. The van der Waals surface area contributed by atoms with Crippen LogP contribution in [-0.4, -0.2) is 18.0 Å². The van der Waals surface area contributed by atoms with Crippen LogP contribution in [0.15, 0.2) is 24.3 Å². The molecule has 20 heavy (non-hydrogen) atoms. The van der Waals surface area contributed by atoms with Crippen molar-refractivity contribution in [3.8, 4) is 0 Å². The second-order valence-electron chi connectivity index (χ2n) is 5.33. The highest BCUT2D eigenvalue weighted by atomic mass is 16.2. The molecule has 1 rings (SSSR count). The van der Waals surface area contributed by atoms with E-state index >= 15 is 0 Å². The Morgan fingerprint density at radius 2 is 1.70 bits per heavy atom. The number of hydrogen-bond acceptors (Lipinski definition) is 2. The maximum absolute atomic E-state index is 12.1. The summed E-state index contributed by atoms with van der Waals surface area (Å²) < 4.78 is 0. The van der Waals surface area contributed by atoms with Crippen LogP contribution in [-0.2, 0) is 11.2 Å². The average Bonchev–Trinajstić information content (AvgIpc) is 2.46. The molecule has 1 unspecified atom stereocenters. The van der Waals surface area contributed by atoms with Crippen LogP contribution in [0, 0.1) is 0 Å². The highest BCUT2D eigenvalue weighted by Gasteiger charge is 2.15. The fraction of sp³-hybridized carbons (Fsp3) is 0.588. The smallest absolute Gasteiger partial charge is 0.242 e. The zero-order chi connectivity index (χ0) is 15.0. The van der Waals surface area contributed by atoms with Crippen LogP contribution >= 0.6 is 0 Å². The summed E-state index contributed by atoms with van der Waals surface area (Å²) in [4.78, 5) is 12.1. The summed E-state index contributed by atoms with van der Waals surface area (Å²) in [5.74, 6) is 0.0661. The highest BCUT2D eigenvalue weighted by Crippen LogP contribution is 2.12. The van der Waals surface area contributed by atoms with Gasteiger partial charge in [-0.2, -0.15) is 0 Å². The van der Waals surface area contributed by atoms with Gasteiger partial charge in [0.25, 0.3) is 0 Å². The molecule has 0 radical (unpaired) electrons. The van der Waals surface area contributed by atoms with E-state index in [1.54, 1.807) is 0 Å². The number of anilines is 1. The number of rotatable bonds is 8. The van der Waals surface area contributed by atoms with Gasteiger partial charge in [0.1, 0.15) is 6.04 Å². The van der Waals surface area contributed by atoms with Crippen LogP contribution in [0.25, 0.3) is 0 Å². The quantitative estimate of drug-likeness (QED) is 0.759. The van der Waals surface area contributed by atoms with Crippen molar-refractivity contribution in [2.24, 2.45) is 0 Å². The molecule has 3 nitrogen and oxygen atoms in total. The first kappa shape index (κ1) is 16.5. The Morgan fingerprint density at radius 3 is 2.20 bits per heavy atom. The molecule has 2 N–H and O–H groups in total. The number of aryl methyl sites for hydroxylation is 1. The zero-order valence-corrected chi connectivity index (χ0v) is 13.2. The molecule has 0 aliphatic rings. The first-order valence-corrected chi connectivity index (χ1v) is 7.76. The van der Waals surface area contributed by atoms with E-state index in [2.05, 4.69) is 43.5 Å². The van der Waals surface area contributed by atoms with E-state index < -0.39 is 0 Å². The van der Waals surface area contributed by atoms with Gasteiger partial charge in [-0.25, -0.2) is 0 Å². The average molecular weight is 276 g/mol. The van der Waals surface area contributed by atoms with Crippen LogP contribution in [0.3, 0.4) is 0 Å². The van der Waals surface area contributed by atoms with E-state index in [4.69, 9.17) is 0 Å². The Balaban J connectivity index is 2.52. The molecular weight excluding hydrogens is 248 g/mol. The third kappa shape index (κ3) is 5.24. The Bertz CT molecular complexity index is 396. The normalized spacial score (nSPS) is 12.2. The van der Waals surface area contributed by atoms with Crippen molar-refractivity contribution in [3.05, 3.63) is 29.8 Å². The maximum Gasteiger partial charge on any atom is 0.242 e. The largest absolute Gasteiger partial charge is 0.374 e. The SMILES string of the molecule is CCCc1ccc(NC(C)C(=O)NC(CC)CC)cc1. The topological polar surface area (TPSA) is 41.1 Å². The minimum atomic E-state index is -0.215. The van der Waals surface area contributed by atoms with Crippen molar-refractivity contribution in [2.45, 2.75) is 65.5 Å². The van der Waals surface area contributed by atoms with Gasteiger partial charge in [-0.3, -0.25) is 4.79 Å². The minimum absolute atomic E-state index is 0.0661. The standard InChI is InChI=1S/C17H28N2O/c1-5-8-14-9-11-16(12-10-14)18-13(4)17(20)19-15(6-2)7-3/h9-13,15,18H,5-8H2,1-4H3,(H,19,20). The third-order valence-electron chi connectivity index (χ3n) is 3.60. The van der Waals surface area contributed by atoms with Crippen molar-refractivity contribution < 1.29 is 4.79 Å². The molecular formula is C17H28N2O. The van der Waals surface area contributed by atoms with Crippen molar-refractivity contribution in [1.82, 2.24) is 5.32 Å². The Morgan fingerprint density at radius 1 is 1.10 bits per heavy atom. The molecule has 0 saturated carbocycles. The molecule has 0 aliphatic carbocycles. The van der Waals surface area contributed by atoms with Gasteiger partial charge < -0.3 is 10.6 Å². The summed E-state index contributed by atoms with van der Waals surface area (Å²) in [6, 6.07) is 8.40. The van der Waals surface area contributed by atoms with Gasteiger partial charge in [-0.05, 0) is 43.9 Å². The molecule has 0 saturated heterocycles. The Kier molecular flexibility index (Phi) is 7.13. The molecule has 0 aromatic heterocycles. The summed E-state index contributed by atoms with van der Waals surface area (Å²) in [5, 5.41) is 6.32. The van der Waals surface area contributed by atoms with Crippen LogP contribution in [0.1, 0.15) is 52.5 Å². The van der Waals surface area contributed by atoms with E-state index in [-0.39, 0.29) is 18.0 Å². The molecule has 0 aliphatic heterocycles. The number of carbonyl (C=O) groups is 1. The van der Waals surface area contributed by atoms with E-state index in [1.807, 2.05) is 19.1 Å². The first-order valence-electron chi connectivity index (χ1n) is 7.76. The van der Waals surface area contributed by atoms with Gasteiger partial charge in [-0.1, -0.05) is 39.3 Å². The lowest BCUT2D eigenvalue weighted by molar-refractivity contribution is -0.122. The van der Waals surface area contributed by atoms with E-state index in [0.29, 0.717) is 0 Å². The van der Waals surface area contributed by atoms with Crippen LogP contribution in [0.5, 0.6) is 0 Å². The second kappa shape index (κ2) is 8.62. The zero-order valence-electron chi connectivity index (χ0n) is 13.2. The van der Waals surface area contributed by atoms with E-state index in [0.717, 1.165) is 31.4 Å². The number of amides is 1. The molecule has 1 amide bonds. The van der Waals surface area contributed by atoms with Crippen LogP contribution in [0.4, 0.5) is 5.69 Å². The summed E-state index contributed by atoms with van der Waals surface area (Å²) in [7, 11) is 0. The highest BCUT2D eigenvalue weighted by molar-refractivity contribution is 5.84. The second-order valence-corrected chi connectivity index (χ2v) is 5.33. The number of hydrogen-bond donors (Lipinski definition) is 2. The molecule has 1 aromatic carbocycles. The van der Waals surface area contributed by atoms with E-state index in [9.17, 15) is 4.79 Å². The van der Waals surface area contributed by atoms with Gasteiger partial charge in [0.05, 0.1) is 0 Å². The number of nitrogens with one attached hydrogen (secondary N) is 2. The summed E-state index contributed by atoms with van der Waals surface area (Å²) in [5.41, 5.74) is 2.34. The molecule has 1 atom stereocenters. The van der Waals surface area contributed by atoms with Gasteiger partial charge in [-0.15, -0.1) is 0 Å². The molecule has 0 bridgehead atoms. The van der Waals surface area contributed by atoms with Crippen molar-refractivity contribution in [3.63, 3.8) is 0 Å². The maximum atomic E-state index is 12.1. The van der Waals surface area contributed by atoms with Gasteiger partial charge in [0.2, 0.25) is 5.91 Å². The molecule has 0 heterocycles. The summed E-state index contributed by atoms with van der Waals surface area (Å²) in [6.07, 6.45) is 4.20. The minimum Gasteiger partial charge on any atom is -0.374 e. The fourth-order valence-electron chi connectivity index (χ4n) is 2.19. The molecule has 3 heteroatoms. The first-order chi connectivity index (χ1) is 9.60. The Hall–Kier alpha value is -1.51. The van der Waals surface area contributed by atoms with Crippen LogP contribution in [0.2, 0.25) is 0 Å². The predicted molar refractivity (Wildman–Crippen MR) is 86.0 cm³/mol. The molecule has 1 aromatic rings. The lowest BCUT2D eigenvalue weighted by atomic mass is 10.1. The van der Waals surface area contributed by atoms with Gasteiger partial charge in [0.15, 0.2) is 0 Å². The lowest BCUT2D eigenvalue weighted by Crippen LogP contribution is -2.42. The van der Waals surface area contributed by atoms with Crippen molar-refractivity contribution in [2.75, 3.05) is 5.32 Å². The van der Waals surface area contributed by atoms with E-state index in [1.165, 1.54) is 5.56 Å². The predicted octanol–water partition coefficient (Wildman–Crippen LogP) is 3.74. The monoisotopic (exact) mass is 276 g/mol. The molecule has 112 valence electrons. The van der Waals surface area contributed by atoms with Crippen molar-refractivity contribution in [1.29, 1.82) is 0 Å². The number of benzene rings is 1. The van der Waals surface area contributed by atoms with Gasteiger partial charge in [0, 0.05) is 11.7 Å². The van der Waals surface area contributed by atoms with Crippen LogP contribution < -0.4 is 10.6 Å². The third-order valence-corrected chi connectivity index (χ3v) is 3.60. The van der Waals surface area contributed by atoms with Gasteiger partial charge >= 0.3 is 0 Å². The summed E-state index contributed by atoms with van der Waals surface area (Å²) in [6.45, 7) is 8.27. The van der Waals surface area contributed by atoms with Crippen molar-refractivity contribution >= 4 is 11.6 Å². The molecule has 0 spiro atoms. The Labute approximate surface area is 123 Å². The molecule has 0 fully saturated rings. The summed E-state index contributed by atoms with van der Waals surface area (Å²) >= 11 is 0.